The predicted molar refractivity (Wildman–Crippen MR) is 52.6 cm³/mol. The zero-order valence-electron chi connectivity index (χ0n) is 8.24. The van der Waals surface area contributed by atoms with Crippen molar-refractivity contribution in [2.45, 2.75) is 0 Å². The molecule has 0 bridgehead atoms. The predicted octanol–water partition coefficient (Wildman–Crippen LogP) is 0.820. The van der Waals surface area contributed by atoms with Crippen LogP contribution in [0, 0.1) is 0 Å². The molecular weight excluding hydrogens is 182 g/mol. The molecule has 0 radical (unpaired) electrons. The van der Waals surface area contributed by atoms with Crippen molar-refractivity contribution >= 4 is 5.91 Å². The zero-order valence-corrected chi connectivity index (χ0v) is 8.24. The number of carbonyl (C=O) groups is 1. The Labute approximate surface area is 82.8 Å². The highest BCUT2D eigenvalue weighted by molar-refractivity contribution is 5.77. The molecule has 4 nitrogen and oxygen atoms in total. The first-order valence-electron chi connectivity index (χ1n) is 4.24. The van der Waals surface area contributed by atoms with Crippen molar-refractivity contribution < 1.29 is 14.3 Å². The molecule has 0 saturated carbocycles. The summed E-state index contributed by atoms with van der Waals surface area (Å²) in [7, 11) is 3.12. The van der Waals surface area contributed by atoms with Crippen LogP contribution in [0.4, 0.5) is 0 Å². The first kappa shape index (κ1) is 10.4. The molecule has 0 unspecified atom stereocenters. The Balaban J connectivity index is 2.61. The largest absolute Gasteiger partial charge is 0.493 e. The number of ether oxygens (including phenoxy) is 2. The van der Waals surface area contributed by atoms with Gasteiger partial charge in [-0.3, -0.25) is 4.79 Å². The summed E-state index contributed by atoms with van der Waals surface area (Å²) in [4.78, 5) is 10.9. The molecule has 4 heteroatoms. The van der Waals surface area contributed by atoms with Crippen molar-refractivity contribution in [3.05, 3.63) is 24.3 Å². The molecule has 1 aromatic carbocycles. The number of carbonyl (C=O) groups excluding carboxylic acids is 1. The quantitative estimate of drug-likeness (QED) is 0.773. The number of para-hydroxylation sites is 2. The lowest BCUT2D eigenvalue weighted by atomic mass is 10.3. The van der Waals surface area contributed by atoms with Gasteiger partial charge >= 0.3 is 0 Å². The Hall–Kier alpha value is -1.71. The molecule has 0 spiro atoms. The Bertz CT molecular complexity index is 312. The maximum atomic E-state index is 10.9. The van der Waals surface area contributed by atoms with Crippen molar-refractivity contribution in [3.8, 4) is 11.5 Å². The minimum atomic E-state index is -0.170. The maximum absolute atomic E-state index is 10.9. The van der Waals surface area contributed by atoms with Gasteiger partial charge in [0.05, 0.1) is 7.11 Å². The van der Waals surface area contributed by atoms with E-state index in [0.29, 0.717) is 11.5 Å². The number of amides is 1. The molecule has 0 aliphatic carbocycles. The third-order valence-electron chi connectivity index (χ3n) is 1.71. The highest BCUT2D eigenvalue weighted by Crippen LogP contribution is 2.25. The van der Waals surface area contributed by atoms with Gasteiger partial charge in [0.15, 0.2) is 18.1 Å². The fourth-order valence-corrected chi connectivity index (χ4v) is 0.954. The zero-order chi connectivity index (χ0) is 10.4. The molecule has 0 aliphatic heterocycles. The van der Waals surface area contributed by atoms with Gasteiger partial charge in [-0.05, 0) is 12.1 Å². The lowest BCUT2D eigenvalue weighted by Crippen LogP contribution is -2.24. The second-order valence-electron chi connectivity index (χ2n) is 2.61. The van der Waals surface area contributed by atoms with Crippen LogP contribution in [0.1, 0.15) is 0 Å². The summed E-state index contributed by atoms with van der Waals surface area (Å²) in [5.74, 6) is 1.02. The van der Waals surface area contributed by atoms with Crippen molar-refractivity contribution in [2.24, 2.45) is 0 Å². The van der Waals surface area contributed by atoms with E-state index in [-0.39, 0.29) is 12.5 Å². The number of likely N-dealkylation sites (N-methyl/N-ethyl adjacent to an activating group) is 1. The fourth-order valence-electron chi connectivity index (χ4n) is 0.954. The standard InChI is InChI=1S/C10H13NO3/c1-11-10(12)7-14-9-6-4-3-5-8(9)13-2/h3-6H,7H2,1-2H3,(H,11,12). The Morgan fingerprint density at radius 3 is 2.57 bits per heavy atom. The smallest absolute Gasteiger partial charge is 0.257 e. The monoisotopic (exact) mass is 195 g/mol. The van der Waals surface area contributed by atoms with Gasteiger partial charge in [0.2, 0.25) is 0 Å². The Morgan fingerprint density at radius 2 is 2.00 bits per heavy atom. The van der Waals surface area contributed by atoms with Crippen LogP contribution in [0.25, 0.3) is 0 Å². The van der Waals surface area contributed by atoms with Gasteiger partial charge in [-0.25, -0.2) is 0 Å². The molecule has 0 aliphatic rings. The van der Waals surface area contributed by atoms with Gasteiger partial charge in [0, 0.05) is 7.05 Å². The number of benzene rings is 1. The van der Waals surface area contributed by atoms with E-state index in [1.165, 1.54) is 0 Å². The van der Waals surface area contributed by atoms with Crippen molar-refractivity contribution in [2.75, 3.05) is 20.8 Å². The minimum Gasteiger partial charge on any atom is -0.493 e. The summed E-state index contributed by atoms with van der Waals surface area (Å²) in [6.45, 7) is -0.00310. The van der Waals surface area contributed by atoms with E-state index in [0.717, 1.165) is 0 Å². The second kappa shape index (κ2) is 5.11. The summed E-state index contributed by atoms with van der Waals surface area (Å²) in [5.41, 5.74) is 0. The highest BCUT2D eigenvalue weighted by atomic mass is 16.5. The number of hydrogen-bond donors (Lipinski definition) is 1. The maximum Gasteiger partial charge on any atom is 0.257 e. The molecule has 14 heavy (non-hydrogen) atoms. The van der Waals surface area contributed by atoms with Gasteiger partial charge in [0.25, 0.3) is 5.91 Å². The molecule has 0 saturated heterocycles. The summed E-state index contributed by atoms with van der Waals surface area (Å²) in [6, 6.07) is 7.19. The van der Waals surface area contributed by atoms with Crippen LogP contribution in [-0.2, 0) is 4.79 Å². The molecule has 1 aromatic rings. The number of hydrogen-bond acceptors (Lipinski definition) is 3. The average Bonchev–Trinajstić information content (AvgIpc) is 2.26. The van der Waals surface area contributed by atoms with Gasteiger partial charge < -0.3 is 14.8 Å². The molecule has 0 atom stereocenters. The lowest BCUT2D eigenvalue weighted by molar-refractivity contribution is -0.122. The van der Waals surface area contributed by atoms with Crippen LogP contribution in [0.5, 0.6) is 11.5 Å². The van der Waals surface area contributed by atoms with Crippen LogP contribution in [0.3, 0.4) is 0 Å². The van der Waals surface area contributed by atoms with Crippen LogP contribution >= 0.6 is 0 Å². The van der Waals surface area contributed by atoms with Crippen LogP contribution in [0.15, 0.2) is 24.3 Å². The van der Waals surface area contributed by atoms with Gasteiger partial charge in [-0.1, -0.05) is 12.1 Å². The van der Waals surface area contributed by atoms with E-state index >= 15 is 0 Å². The van der Waals surface area contributed by atoms with Crippen LogP contribution in [0.2, 0.25) is 0 Å². The van der Waals surface area contributed by atoms with E-state index in [2.05, 4.69) is 5.32 Å². The molecule has 0 fully saturated rings. The van der Waals surface area contributed by atoms with Crippen LogP contribution < -0.4 is 14.8 Å². The molecule has 0 heterocycles. The third kappa shape index (κ3) is 2.65. The van der Waals surface area contributed by atoms with Gasteiger partial charge in [-0.15, -0.1) is 0 Å². The molecule has 1 N–H and O–H groups in total. The van der Waals surface area contributed by atoms with E-state index in [1.807, 2.05) is 12.1 Å². The van der Waals surface area contributed by atoms with Crippen molar-refractivity contribution in [1.29, 1.82) is 0 Å². The summed E-state index contributed by atoms with van der Waals surface area (Å²) >= 11 is 0. The van der Waals surface area contributed by atoms with E-state index in [4.69, 9.17) is 9.47 Å². The summed E-state index contributed by atoms with van der Waals surface area (Å²) in [5, 5.41) is 2.47. The van der Waals surface area contributed by atoms with Crippen molar-refractivity contribution in [1.82, 2.24) is 5.32 Å². The topological polar surface area (TPSA) is 47.6 Å². The van der Waals surface area contributed by atoms with Gasteiger partial charge in [0.1, 0.15) is 0 Å². The minimum absolute atomic E-state index is 0.00310. The normalized spacial score (nSPS) is 9.29. The number of methoxy groups -OCH3 is 1. The second-order valence-corrected chi connectivity index (χ2v) is 2.61. The third-order valence-corrected chi connectivity index (χ3v) is 1.71. The summed E-state index contributed by atoms with van der Waals surface area (Å²) in [6.07, 6.45) is 0. The Kier molecular flexibility index (Phi) is 3.79. The molecule has 76 valence electrons. The van der Waals surface area contributed by atoms with E-state index < -0.39 is 0 Å². The average molecular weight is 195 g/mol. The molecule has 1 rings (SSSR count). The van der Waals surface area contributed by atoms with E-state index in [9.17, 15) is 4.79 Å². The van der Waals surface area contributed by atoms with Gasteiger partial charge in [-0.2, -0.15) is 0 Å². The molecular formula is C10H13NO3. The molecule has 1 amide bonds. The fraction of sp³-hybridized carbons (Fsp3) is 0.300. The first-order valence-corrected chi connectivity index (χ1v) is 4.24. The number of rotatable bonds is 4. The summed E-state index contributed by atoms with van der Waals surface area (Å²) < 4.78 is 10.3. The van der Waals surface area contributed by atoms with Crippen LogP contribution in [-0.4, -0.2) is 26.7 Å². The molecule has 0 aromatic heterocycles. The van der Waals surface area contributed by atoms with Crippen molar-refractivity contribution in [3.63, 3.8) is 0 Å². The van der Waals surface area contributed by atoms with E-state index in [1.54, 1.807) is 26.3 Å². The number of nitrogens with one attached hydrogen (secondary N) is 1. The highest BCUT2D eigenvalue weighted by Gasteiger charge is 2.04. The Morgan fingerprint density at radius 1 is 1.36 bits per heavy atom. The SMILES string of the molecule is CNC(=O)COc1ccccc1OC. The first-order chi connectivity index (χ1) is 6.77. The lowest BCUT2D eigenvalue weighted by Gasteiger charge is -2.08.